The maximum Gasteiger partial charge on any atom is 0.335 e. The number of nitrogens with one attached hydrogen (secondary N) is 1. The fraction of sp³-hybridized carbons (Fsp3) is 0.208. The second-order valence-electron chi connectivity index (χ2n) is 7.45. The standard InChI is InChI=1S/C24H24ClNO5S.ClH/c1-16-13-21(9-10-22(16)24(28)29)32(30,31)20-7-5-17(6-8-20)11-12-26-15-23(27)18-3-2-4-19(25)14-18;/h2-10,13-14,23,26-27H,11-12,15H2,1H3,(H,28,29);1H/t23-;/m0./s1. The third kappa shape index (κ3) is 6.79. The Bertz CT molecular complexity index is 1210. The molecule has 176 valence electrons. The van der Waals surface area contributed by atoms with Gasteiger partial charge in [-0.05, 0) is 79.0 Å². The summed E-state index contributed by atoms with van der Waals surface area (Å²) in [5.74, 6) is -1.09. The summed E-state index contributed by atoms with van der Waals surface area (Å²) in [5.41, 5.74) is 2.16. The van der Waals surface area contributed by atoms with Crippen molar-refractivity contribution in [2.45, 2.75) is 29.2 Å². The Labute approximate surface area is 204 Å². The van der Waals surface area contributed by atoms with Crippen LogP contribution in [0.5, 0.6) is 0 Å². The molecule has 0 saturated carbocycles. The molecule has 0 amide bonds. The molecule has 0 heterocycles. The molecule has 0 aliphatic heterocycles. The number of halogens is 2. The first-order valence-corrected chi connectivity index (χ1v) is 11.9. The molecule has 0 aliphatic carbocycles. The van der Waals surface area contributed by atoms with Crippen LogP contribution in [-0.4, -0.2) is 37.7 Å². The quantitative estimate of drug-likeness (QED) is 0.367. The molecular weight excluding hydrogens is 485 g/mol. The molecule has 3 rings (SSSR count). The number of hydrogen-bond acceptors (Lipinski definition) is 5. The van der Waals surface area contributed by atoms with Crippen molar-refractivity contribution in [1.29, 1.82) is 0 Å². The van der Waals surface area contributed by atoms with Gasteiger partial charge in [-0.2, -0.15) is 0 Å². The second-order valence-corrected chi connectivity index (χ2v) is 9.84. The van der Waals surface area contributed by atoms with Gasteiger partial charge in [0.05, 0.1) is 21.5 Å². The summed E-state index contributed by atoms with van der Waals surface area (Å²) in [4.78, 5) is 11.4. The molecule has 9 heteroatoms. The number of carboxylic acid groups (broad SMARTS) is 1. The third-order valence-corrected chi connectivity index (χ3v) is 7.14. The van der Waals surface area contributed by atoms with Crippen molar-refractivity contribution in [2.75, 3.05) is 13.1 Å². The van der Waals surface area contributed by atoms with Gasteiger partial charge in [0.25, 0.3) is 0 Å². The molecule has 0 fully saturated rings. The highest BCUT2D eigenvalue weighted by atomic mass is 35.5. The van der Waals surface area contributed by atoms with Gasteiger partial charge in [0.2, 0.25) is 9.84 Å². The first kappa shape index (κ1) is 26.8. The van der Waals surface area contributed by atoms with Crippen LogP contribution in [0.3, 0.4) is 0 Å². The number of aryl methyl sites for hydroxylation is 1. The lowest BCUT2D eigenvalue weighted by atomic mass is 10.1. The number of carboxylic acids is 1. The molecular formula is C24H25Cl2NO5S. The van der Waals surface area contributed by atoms with Gasteiger partial charge < -0.3 is 15.5 Å². The summed E-state index contributed by atoms with van der Waals surface area (Å²) in [6.45, 7) is 2.56. The van der Waals surface area contributed by atoms with Crippen molar-refractivity contribution in [3.05, 3.63) is 94.0 Å². The number of aromatic carboxylic acids is 1. The van der Waals surface area contributed by atoms with E-state index >= 15 is 0 Å². The van der Waals surface area contributed by atoms with Crippen LogP contribution in [-0.2, 0) is 16.3 Å². The Morgan fingerprint density at radius 2 is 1.70 bits per heavy atom. The van der Waals surface area contributed by atoms with E-state index in [1.54, 1.807) is 49.4 Å². The summed E-state index contributed by atoms with van der Waals surface area (Å²) < 4.78 is 25.8. The van der Waals surface area contributed by atoms with Crippen LogP contribution in [0.15, 0.2) is 76.5 Å². The zero-order valence-corrected chi connectivity index (χ0v) is 20.3. The minimum atomic E-state index is -3.74. The lowest BCUT2D eigenvalue weighted by Gasteiger charge is -2.13. The van der Waals surface area contributed by atoms with Gasteiger partial charge >= 0.3 is 5.97 Å². The van der Waals surface area contributed by atoms with Crippen LogP contribution < -0.4 is 5.32 Å². The van der Waals surface area contributed by atoms with Gasteiger partial charge in [0.15, 0.2) is 0 Å². The fourth-order valence-corrected chi connectivity index (χ4v) is 4.86. The number of aliphatic hydroxyl groups is 1. The average Bonchev–Trinajstić information content (AvgIpc) is 2.76. The molecule has 6 nitrogen and oxygen atoms in total. The van der Waals surface area contributed by atoms with E-state index < -0.39 is 21.9 Å². The van der Waals surface area contributed by atoms with E-state index in [0.717, 1.165) is 11.1 Å². The van der Waals surface area contributed by atoms with Gasteiger partial charge in [-0.1, -0.05) is 35.9 Å². The maximum absolute atomic E-state index is 12.9. The van der Waals surface area contributed by atoms with Crippen molar-refractivity contribution in [2.24, 2.45) is 0 Å². The Morgan fingerprint density at radius 1 is 1.03 bits per heavy atom. The monoisotopic (exact) mass is 509 g/mol. The summed E-state index contributed by atoms with van der Waals surface area (Å²) >= 11 is 5.94. The number of aliphatic hydroxyl groups excluding tert-OH is 1. The van der Waals surface area contributed by atoms with Crippen LogP contribution in [0.4, 0.5) is 0 Å². The Kier molecular flexibility index (Phi) is 9.46. The smallest absolute Gasteiger partial charge is 0.335 e. The van der Waals surface area contributed by atoms with Crippen LogP contribution >= 0.6 is 24.0 Å². The normalized spacial score (nSPS) is 12.1. The van der Waals surface area contributed by atoms with Crippen molar-refractivity contribution < 1.29 is 23.4 Å². The van der Waals surface area contributed by atoms with Gasteiger partial charge in [0, 0.05) is 11.6 Å². The number of carbonyl (C=O) groups is 1. The van der Waals surface area contributed by atoms with Crippen LogP contribution in [0, 0.1) is 6.92 Å². The van der Waals surface area contributed by atoms with Gasteiger partial charge in [-0.3, -0.25) is 0 Å². The van der Waals surface area contributed by atoms with E-state index in [4.69, 9.17) is 16.7 Å². The Morgan fingerprint density at radius 3 is 2.30 bits per heavy atom. The lowest BCUT2D eigenvalue weighted by molar-refractivity contribution is 0.0696. The molecule has 0 saturated heterocycles. The van der Waals surface area contributed by atoms with E-state index in [1.807, 2.05) is 6.07 Å². The number of rotatable bonds is 9. The van der Waals surface area contributed by atoms with Crippen molar-refractivity contribution in [3.8, 4) is 0 Å². The van der Waals surface area contributed by atoms with Crippen molar-refractivity contribution >= 4 is 39.8 Å². The van der Waals surface area contributed by atoms with E-state index in [0.29, 0.717) is 30.1 Å². The largest absolute Gasteiger partial charge is 0.478 e. The molecule has 3 aromatic rings. The first-order valence-electron chi connectivity index (χ1n) is 10.0. The highest BCUT2D eigenvalue weighted by molar-refractivity contribution is 7.91. The average molecular weight is 510 g/mol. The zero-order valence-electron chi connectivity index (χ0n) is 17.9. The summed E-state index contributed by atoms with van der Waals surface area (Å²) in [7, 11) is -3.74. The second kappa shape index (κ2) is 11.6. The van der Waals surface area contributed by atoms with Gasteiger partial charge in [0.1, 0.15) is 0 Å². The van der Waals surface area contributed by atoms with Crippen LogP contribution in [0.25, 0.3) is 0 Å². The number of hydrogen-bond donors (Lipinski definition) is 3. The molecule has 3 aromatic carbocycles. The number of sulfone groups is 1. The summed E-state index contributed by atoms with van der Waals surface area (Å²) in [6.07, 6.45) is -0.00755. The molecule has 0 unspecified atom stereocenters. The van der Waals surface area contributed by atoms with E-state index in [1.165, 1.54) is 18.2 Å². The topological polar surface area (TPSA) is 104 Å². The molecule has 0 aromatic heterocycles. The minimum absolute atomic E-state index is 0. The van der Waals surface area contributed by atoms with Crippen LogP contribution in [0.1, 0.15) is 33.2 Å². The SMILES string of the molecule is Cc1cc(S(=O)(=O)c2ccc(CCNC[C@H](O)c3cccc(Cl)c3)cc2)ccc1C(=O)O.Cl. The molecule has 3 N–H and O–H groups in total. The number of benzene rings is 3. The molecule has 0 bridgehead atoms. The highest BCUT2D eigenvalue weighted by Crippen LogP contribution is 2.24. The third-order valence-electron chi connectivity index (χ3n) is 5.13. The van der Waals surface area contributed by atoms with Crippen molar-refractivity contribution in [3.63, 3.8) is 0 Å². The first-order chi connectivity index (χ1) is 15.2. The molecule has 33 heavy (non-hydrogen) atoms. The molecule has 0 spiro atoms. The van der Waals surface area contributed by atoms with E-state index in [-0.39, 0.29) is 27.8 Å². The van der Waals surface area contributed by atoms with Gasteiger partial charge in [-0.25, -0.2) is 13.2 Å². The maximum atomic E-state index is 12.9. The molecule has 0 radical (unpaired) electrons. The lowest BCUT2D eigenvalue weighted by Crippen LogP contribution is -2.23. The fourth-order valence-electron chi connectivity index (χ4n) is 3.32. The van der Waals surface area contributed by atoms with Crippen LogP contribution in [0.2, 0.25) is 5.02 Å². The predicted octanol–water partition coefficient (Wildman–Crippen LogP) is 4.47. The van der Waals surface area contributed by atoms with E-state index in [9.17, 15) is 18.3 Å². The zero-order chi connectivity index (χ0) is 23.3. The Hall–Kier alpha value is -2.42. The summed E-state index contributed by atoms with van der Waals surface area (Å²) in [6, 6.07) is 17.7. The van der Waals surface area contributed by atoms with Gasteiger partial charge in [-0.15, -0.1) is 12.4 Å². The van der Waals surface area contributed by atoms with E-state index in [2.05, 4.69) is 5.32 Å². The predicted molar refractivity (Wildman–Crippen MR) is 130 cm³/mol. The Balaban J connectivity index is 0.00000385. The highest BCUT2D eigenvalue weighted by Gasteiger charge is 2.19. The molecule has 1 atom stereocenters. The summed E-state index contributed by atoms with van der Waals surface area (Å²) in [5, 5.41) is 23.1. The minimum Gasteiger partial charge on any atom is -0.478 e. The van der Waals surface area contributed by atoms with Crippen molar-refractivity contribution in [1.82, 2.24) is 5.32 Å². The molecule has 0 aliphatic rings.